The van der Waals surface area contributed by atoms with Crippen molar-refractivity contribution in [2.24, 2.45) is 11.8 Å². The molecular weight excluding hydrogens is 264 g/mol. The topological polar surface area (TPSA) is 57.5 Å². The van der Waals surface area contributed by atoms with Crippen molar-refractivity contribution in [1.29, 1.82) is 0 Å². The Morgan fingerprint density at radius 1 is 1.29 bits per heavy atom. The normalized spacial score (nSPS) is 12.0. The SMILES string of the molecule is C=C(C)C.CC(C)C1=CCCC=C1.CC(C)CO.O=CO. The lowest BCUT2D eigenvalue weighted by atomic mass is 9.97. The number of hydrogen-bond acceptors (Lipinski definition) is 2. The molecule has 0 atom stereocenters. The molecule has 0 amide bonds. The monoisotopic (exact) mass is 298 g/mol. The largest absolute Gasteiger partial charge is 0.483 e. The molecule has 0 unspecified atom stereocenters. The first kappa shape index (κ1) is 24.7. The van der Waals surface area contributed by atoms with Crippen LogP contribution in [0.5, 0.6) is 0 Å². The van der Waals surface area contributed by atoms with Crippen LogP contribution in [0.2, 0.25) is 0 Å². The maximum atomic E-state index is 8.36. The molecule has 0 bridgehead atoms. The van der Waals surface area contributed by atoms with Crippen molar-refractivity contribution in [3.05, 3.63) is 36.0 Å². The molecule has 1 aliphatic rings. The first-order chi connectivity index (χ1) is 9.72. The predicted molar refractivity (Wildman–Crippen MR) is 92.4 cm³/mol. The average molecular weight is 298 g/mol. The molecule has 21 heavy (non-hydrogen) atoms. The van der Waals surface area contributed by atoms with Gasteiger partial charge in [-0.25, -0.2) is 0 Å². The molecule has 0 saturated carbocycles. The highest BCUT2D eigenvalue weighted by molar-refractivity contribution is 5.32. The number of aliphatic hydroxyl groups excluding tert-OH is 1. The van der Waals surface area contributed by atoms with Gasteiger partial charge in [0, 0.05) is 6.61 Å². The highest BCUT2D eigenvalue weighted by Crippen LogP contribution is 2.16. The summed E-state index contributed by atoms with van der Waals surface area (Å²) in [6, 6.07) is 0. The second-order valence-electron chi connectivity index (χ2n) is 5.73. The minimum atomic E-state index is -0.250. The van der Waals surface area contributed by atoms with Gasteiger partial charge in [-0.15, -0.1) is 6.58 Å². The van der Waals surface area contributed by atoms with Crippen molar-refractivity contribution in [1.82, 2.24) is 0 Å². The third-order valence-electron chi connectivity index (χ3n) is 2.06. The Kier molecular flexibility index (Phi) is 21.9. The van der Waals surface area contributed by atoms with E-state index in [0.29, 0.717) is 18.4 Å². The molecule has 124 valence electrons. The Morgan fingerprint density at radius 3 is 1.81 bits per heavy atom. The van der Waals surface area contributed by atoms with Gasteiger partial charge in [0.1, 0.15) is 0 Å². The van der Waals surface area contributed by atoms with Crippen LogP contribution in [0.1, 0.15) is 54.4 Å². The van der Waals surface area contributed by atoms with Gasteiger partial charge in [0.15, 0.2) is 0 Å². The Bertz CT molecular complexity index is 296. The lowest BCUT2D eigenvalue weighted by Crippen LogP contribution is -1.92. The van der Waals surface area contributed by atoms with Gasteiger partial charge in [-0.3, -0.25) is 4.79 Å². The van der Waals surface area contributed by atoms with Crippen LogP contribution in [-0.4, -0.2) is 23.3 Å². The minimum absolute atomic E-state index is 0.250. The van der Waals surface area contributed by atoms with Crippen LogP contribution in [0.25, 0.3) is 0 Å². The summed E-state index contributed by atoms with van der Waals surface area (Å²) in [6.45, 7) is 16.0. The molecular formula is C18H34O3. The summed E-state index contributed by atoms with van der Waals surface area (Å²) in [6.07, 6.45) is 9.31. The van der Waals surface area contributed by atoms with Crippen molar-refractivity contribution < 1.29 is 15.0 Å². The maximum absolute atomic E-state index is 8.36. The van der Waals surface area contributed by atoms with Gasteiger partial charge in [0.25, 0.3) is 6.47 Å². The second-order valence-corrected chi connectivity index (χ2v) is 5.73. The smallest absolute Gasteiger partial charge is 0.290 e. The summed E-state index contributed by atoms with van der Waals surface area (Å²) in [5.74, 6) is 1.15. The molecule has 1 rings (SSSR count). The van der Waals surface area contributed by atoms with Crippen LogP contribution in [0.15, 0.2) is 36.0 Å². The molecule has 0 aromatic rings. The van der Waals surface area contributed by atoms with E-state index in [-0.39, 0.29) is 6.47 Å². The van der Waals surface area contributed by atoms with E-state index in [1.54, 1.807) is 0 Å². The molecule has 0 aliphatic heterocycles. The van der Waals surface area contributed by atoms with Gasteiger partial charge in [0.2, 0.25) is 0 Å². The molecule has 0 aromatic carbocycles. The summed E-state index contributed by atoms with van der Waals surface area (Å²) in [5, 5.41) is 15.0. The lowest BCUT2D eigenvalue weighted by molar-refractivity contribution is -0.122. The number of carbonyl (C=O) groups is 1. The Hall–Kier alpha value is -1.35. The fourth-order valence-corrected chi connectivity index (χ4v) is 1.06. The zero-order valence-electron chi connectivity index (χ0n) is 14.6. The zero-order valence-corrected chi connectivity index (χ0v) is 14.6. The Morgan fingerprint density at radius 2 is 1.67 bits per heavy atom. The maximum Gasteiger partial charge on any atom is 0.290 e. The van der Waals surface area contributed by atoms with Crippen molar-refractivity contribution in [2.75, 3.05) is 6.61 Å². The van der Waals surface area contributed by atoms with Crippen molar-refractivity contribution >= 4 is 6.47 Å². The van der Waals surface area contributed by atoms with Gasteiger partial charge in [-0.05, 0) is 44.1 Å². The molecule has 0 saturated heterocycles. The number of allylic oxidation sites excluding steroid dienone is 5. The lowest BCUT2D eigenvalue weighted by Gasteiger charge is -2.08. The number of carboxylic acid groups (broad SMARTS) is 1. The van der Waals surface area contributed by atoms with E-state index in [9.17, 15) is 0 Å². The summed E-state index contributed by atoms with van der Waals surface area (Å²) in [5.41, 5.74) is 2.67. The molecule has 0 aromatic heterocycles. The van der Waals surface area contributed by atoms with Crippen LogP contribution in [0.3, 0.4) is 0 Å². The average Bonchev–Trinajstić information content (AvgIpc) is 2.40. The van der Waals surface area contributed by atoms with E-state index in [4.69, 9.17) is 15.0 Å². The van der Waals surface area contributed by atoms with Crippen LogP contribution in [0.4, 0.5) is 0 Å². The van der Waals surface area contributed by atoms with E-state index < -0.39 is 0 Å². The van der Waals surface area contributed by atoms with Crippen molar-refractivity contribution in [2.45, 2.75) is 54.4 Å². The summed E-state index contributed by atoms with van der Waals surface area (Å²) in [4.78, 5) is 8.36. The van der Waals surface area contributed by atoms with E-state index >= 15 is 0 Å². The molecule has 0 heterocycles. The molecule has 3 heteroatoms. The van der Waals surface area contributed by atoms with E-state index in [2.05, 4.69) is 38.7 Å². The number of hydrogen-bond donors (Lipinski definition) is 2. The van der Waals surface area contributed by atoms with Gasteiger partial charge in [-0.2, -0.15) is 0 Å². The molecule has 0 spiro atoms. The minimum Gasteiger partial charge on any atom is -0.483 e. The standard InChI is InChI=1S/C9H14.C4H10O.C4H8.CH2O2/c1-8(2)9-6-4-3-5-7-9;1-4(2)3-5;1-4(2)3;2-1-3/h4,6-8H,3,5H2,1-2H3;4-5H,3H2,1-2H3;1H2,2-3H3;1H,(H,2,3). The Balaban J connectivity index is -0.000000232. The molecule has 3 nitrogen and oxygen atoms in total. The summed E-state index contributed by atoms with van der Waals surface area (Å²) < 4.78 is 0. The van der Waals surface area contributed by atoms with Crippen LogP contribution < -0.4 is 0 Å². The van der Waals surface area contributed by atoms with Gasteiger partial charge in [0.05, 0.1) is 0 Å². The predicted octanol–water partition coefficient (Wildman–Crippen LogP) is 4.84. The van der Waals surface area contributed by atoms with E-state index in [1.165, 1.54) is 24.0 Å². The molecule has 2 N–H and O–H groups in total. The summed E-state index contributed by atoms with van der Waals surface area (Å²) >= 11 is 0. The van der Waals surface area contributed by atoms with Crippen LogP contribution in [-0.2, 0) is 4.79 Å². The molecule has 0 radical (unpaired) electrons. The number of aliphatic hydroxyl groups is 1. The van der Waals surface area contributed by atoms with Crippen LogP contribution in [0, 0.1) is 11.8 Å². The quantitative estimate of drug-likeness (QED) is 0.566. The second kappa shape index (κ2) is 18.7. The van der Waals surface area contributed by atoms with Crippen LogP contribution >= 0.6 is 0 Å². The first-order valence-corrected chi connectivity index (χ1v) is 7.40. The third kappa shape index (κ3) is 32.3. The van der Waals surface area contributed by atoms with Gasteiger partial charge < -0.3 is 10.2 Å². The summed E-state index contributed by atoms with van der Waals surface area (Å²) in [7, 11) is 0. The fourth-order valence-electron chi connectivity index (χ4n) is 1.06. The zero-order chi connectivity index (χ0) is 17.3. The van der Waals surface area contributed by atoms with E-state index in [1.807, 2.05) is 27.7 Å². The first-order valence-electron chi connectivity index (χ1n) is 7.40. The molecule has 0 fully saturated rings. The van der Waals surface area contributed by atoms with Crippen molar-refractivity contribution in [3.63, 3.8) is 0 Å². The molecule has 1 aliphatic carbocycles. The fraction of sp³-hybridized carbons (Fsp3) is 0.611. The highest BCUT2D eigenvalue weighted by atomic mass is 16.3. The van der Waals surface area contributed by atoms with Crippen molar-refractivity contribution in [3.8, 4) is 0 Å². The highest BCUT2D eigenvalue weighted by Gasteiger charge is 1.99. The van der Waals surface area contributed by atoms with E-state index in [0.717, 1.165) is 0 Å². The van der Waals surface area contributed by atoms with Gasteiger partial charge >= 0.3 is 0 Å². The van der Waals surface area contributed by atoms with Gasteiger partial charge in [-0.1, -0.05) is 51.5 Å². The number of rotatable bonds is 2. The third-order valence-corrected chi connectivity index (χ3v) is 2.06. The Labute approximate surface area is 131 Å².